The van der Waals surface area contributed by atoms with Gasteiger partial charge >= 0.3 is 0 Å². The molecular weight excluding hydrogens is 476 g/mol. The Bertz CT molecular complexity index is 1270. The predicted octanol–water partition coefficient (Wildman–Crippen LogP) is 3.66. The molecule has 0 unspecified atom stereocenters. The minimum absolute atomic E-state index is 0.0640. The second-order valence-corrected chi connectivity index (χ2v) is 12.1. The lowest BCUT2D eigenvalue weighted by atomic mass is 9.88. The average molecular weight is 513 g/mol. The summed E-state index contributed by atoms with van der Waals surface area (Å²) in [6, 6.07) is 7.88. The monoisotopic (exact) mass is 512 g/mol. The van der Waals surface area contributed by atoms with E-state index in [0.29, 0.717) is 18.8 Å². The van der Waals surface area contributed by atoms with Crippen molar-refractivity contribution in [3.05, 3.63) is 41.4 Å². The molecule has 3 aliphatic rings. The molecule has 5 rings (SSSR count). The van der Waals surface area contributed by atoms with Crippen molar-refractivity contribution in [2.24, 2.45) is 10.9 Å². The van der Waals surface area contributed by atoms with E-state index in [4.69, 9.17) is 10.1 Å². The first-order valence-corrected chi connectivity index (χ1v) is 14.7. The number of aromatic nitrogens is 1. The van der Waals surface area contributed by atoms with Crippen LogP contribution < -0.4 is 5.32 Å². The highest BCUT2D eigenvalue weighted by Crippen LogP contribution is 2.35. The van der Waals surface area contributed by atoms with Crippen molar-refractivity contribution in [1.82, 2.24) is 14.2 Å². The molecule has 194 valence electrons. The van der Waals surface area contributed by atoms with Gasteiger partial charge < -0.3 is 15.0 Å². The number of sulfonamides is 1. The van der Waals surface area contributed by atoms with E-state index in [9.17, 15) is 13.2 Å². The number of aryl methyl sites for hydroxylation is 1. The average Bonchev–Trinajstić information content (AvgIpc) is 3.45. The topological polar surface area (TPSA) is 104 Å². The van der Waals surface area contributed by atoms with Crippen molar-refractivity contribution in [2.45, 2.75) is 69.9 Å². The van der Waals surface area contributed by atoms with Gasteiger partial charge in [-0.15, -0.1) is 0 Å². The lowest BCUT2D eigenvalue weighted by molar-refractivity contribution is -0.124. The molecule has 0 atom stereocenters. The Labute approximate surface area is 213 Å². The number of fused-ring (bicyclic) bond motifs is 1. The molecule has 1 saturated carbocycles. The van der Waals surface area contributed by atoms with Gasteiger partial charge in [0, 0.05) is 54.7 Å². The molecule has 1 aromatic heterocycles. The van der Waals surface area contributed by atoms with Crippen LogP contribution in [0.2, 0.25) is 0 Å². The maximum Gasteiger partial charge on any atom is 0.253 e. The van der Waals surface area contributed by atoms with E-state index in [-0.39, 0.29) is 25.6 Å². The zero-order chi connectivity index (χ0) is 25.2. The highest BCUT2D eigenvalue weighted by atomic mass is 32.2. The number of unbranched alkanes of at least 4 members (excludes halogenated alkanes) is 1. The lowest BCUT2D eigenvalue weighted by Crippen LogP contribution is -2.50. The Kier molecular flexibility index (Phi) is 7.32. The Morgan fingerprint density at radius 3 is 2.64 bits per heavy atom. The summed E-state index contributed by atoms with van der Waals surface area (Å²) < 4.78 is 29.9. The maximum absolute atomic E-state index is 13.1. The summed E-state index contributed by atoms with van der Waals surface area (Å²) >= 11 is 0. The SMILES string of the molecule is O=C1NC(C2CCCCC2)=NC12CCN(S(=O)(=O)C=Cc1cccc3c1ccn3CCCCO)CC2. The number of piperidine rings is 1. The summed E-state index contributed by atoms with van der Waals surface area (Å²) in [6.45, 7) is 1.56. The van der Waals surface area contributed by atoms with Crippen LogP contribution in [0.3, 0.4) is 0 Å². The third-order valence-corrected chi connectivity index (χ3v) is 9.54. The van der Waals surface area contributed by atoms with Crippen molar-refractivity contribution < 1.29 is 18.3 Å². The fourth-order valence-corrected chi connectivity index (χ4v) is 6.97. The molecule has 1 aromatic carbocycles. The van der Waals surface area contributed by atoms with Gasteiger partial charge in [-0.25, -0.2) is 8.42 Å². The van der Waals surface area contributed by atoms with Crippen molar-refractivity contribution in [1.29, 1.82) is 0 Å². The maximum atomic E-state index is 13.1. The van der Waals surface area contributed by atoms with E-state index < -0.39 is 15.6 Å². The van der Waals surface area contributed by atoms with Gasteiger partial charge in [-0.1, -0.05) is 31.4 Å². The molecule has 0 bridgehead atoms. The molecule has 1 spiro atoms. The predicted molar refractivity (Wildman–Crippen MR) is 142 cm³/mol. The van der Waals surface area contributed by atoms with Crippen LogP contribution in [0, 0.1) is 5.92 Å². The smallest absolute Gasteiger partial charge is 0.253 e. The number of carbonyl (C=O) groups excluding carboxylic acids is 1. The third kappa shape index (κ3) is 5.01. The van der Waals surface area contributed by atoms with E-state index in [0.717, 1.165) is 54.5 Å². The van der Waals surface area contributed by atoms with Crippen molar-refractivity contribution in [2.75, 3.05) is 19.7 Å². The lowest BCUT2D eigenvalue weighted by Gasteiger charge is -2.34. The van der Waals surface area contributed by atoms with Crippen LogP contribution in [-0.2, 0) is 21.4 Å². The van der Waals surface area contributed by atoms with E-state index in [1.165, 1.54) is 29.0 Å². The minimum Gasteiger partial charge on any atom is -0.396 e. The second kappa shape index (κ2) is 10.5. The van der Waals surface area contributed by atoms with Gasteiger partial charge in [-0.2, -0.15) is 4.31 Å². The van der Waals surface area contributed by atoms with Crippen LogP contribution >= 0.6 is 0 Å². The first kappa shape index (κ1) is 25.2. The van der Waals surface area contributed by atoms with Gasteiger partial charge in [0.2, 0.25) is 10.0 Å². The highest BCUT2D eigenvalue weighted by Gasteiger charge is 2.48. The van der Waals surface area contributed by atoms with Crippen LogP contribution in [0.1, 0.15) is 63.4 Å². The molecule has 9 heteroatoms. The van der Waals surface area contributed by atoms with Crippen molar-refractivity contribution >= 4 is 38.7 Å². The summed E-state index contributed by atoms with van der Waals surface area (Å²) in [5.41, 5.74) is 1.08. The Morgan fingerprint density at radius 1 is 1.11 bits per heavy atom. The fraction of sp³-hybridized carbons (Fsp3) is 0.556. The third-order valence-electron chi connectivity index (χ3n) is 7.97. The van der Waals surface area contributed by atoms with Crippen LogP contribution in [-0.4, -0.2) is 59.4 Å². The normalized spacial score (nSPS) is 21.5. The largest absolute Gasteiger partial charge is 0.396 e. The molecule has 2 fully saturated rings. The number of aliphatic imine (C=N–C) groups is 1. The number of amidine groups is 1. The number of nitrogens with zero attached hydrogens (tertiary/aromatic N) is 3. The number of nitrogens with one attached hydrogen (secondary N) is 1. The summed E-state index contributed by atoms with van der Waals surface area (Å²) in [5, 5.41) is 14.4. The summed E-state index contributed by atoms with van der Waals surface area (Å²) in [4.78, 5) is 17.7. The van der Waals surface area contributed by atoms with Gasteiger partial charge in [-0.05, 0) is 62.3 Å². The Morgan fingerprint density at radius 2 is 1.89 bits per heavy atom. The number of hydrogen-bond donors (Lipinski definition) is 2. The standard InChI is InChI=1S/C27H36N4O4S/c32-19-5-4-15-30-16-11-23-21(9-6-10-24(23)30)12-20-36(34,35)31-17-13-27(14-18-31)26(33)28-25(29-27)22-7-2-1-3-8-22/h6,9-12,16,20,22,32H,1-5,7-8,13-15,17-19H2,(H,28,29,33). The number of hydrogen-bond acceptors (Lipinski definition) is 5. The molecule has 0 radical (unpaired) electrons. The molecule has 8 nitrogen and oxygen atoms in total. The number of aliphatic hydroxyl groups excluding tert-OH is 1. The van der Waals surface area contributed by atoms with E-state index in [1.54, 1.807) is 6.08 Å². The first-order valence-electron chi connectivity index (χ1n) is 13.2. The van der Waals surface area contributed by atoms with Gasteiger partial charge in [0.25, 0.3) is 5.91 Å². The summed E-state index contributed by atoms with van der Waals surface area (Å²) in [7, 11) is -3.62. The van der Waals surface area contributed by atoms with Crippen molar-refractivity contribution in [3.8, 4) is 0 Å². The Hall–Kier alpha value is -2.49. The number of benzene rings is 1. The van der Waals surface area contributed by atoms with Crippen LogP contribution in [0.4, 0.5) is 0 Å². The molecule has 1 saturated heterocycles. The van der Waals surface area contributed by atoms with E-state index >= 15 is 0 Å². The molecular formula is C27H36N4O4S. The molecule has 3 heterocycles. The molecule has 2 aromatic rings. The summed E-state index contributed by atoms with van der Waals surface area (Å²) in [5.74, 6) is 1.09. The fourth-order valence-electron chi connectivity index (χ4n) is 5.79. The molecule has 1 amide bonds. The van der Waals surface area contributed by atoms with Crippen LogP contribution in [0.15, 0.2) is 40.9 Å². The van der Waals surface area contributed by atoms with E-state index in [2.05, 4.69) is 9.88 Å². The van der Waals surface area contributed by atoms with E-state index in [1.807, 2.05) is 30.5 Å². The van der Waals surface area contributed by atoms with Crippen molar-refractivity contribution in [3.63, 3.8) is 0 Å². The number of carbonyl (C=O) groups is 1. The van der Waals surface area contributed by atoms with Gasteiger partial charge in [0.15, 0.2) is 0 Å². The zero-order valence-corrected chi connectivity index (χ0v) is 21.5. The Balaban J connectivity index is 1.26. The van der Waals surface area contributed by atoms with Gasteiger partial charge in [0.1, 0.15) is 11.4 Å². The molecule has 2 N–H and O–H groups in total. The van der Waals surface area contributed by atoms with Gasteiger partial charge in [-0.3, -0.25) is 9.79 Å². The molecule has 1 aliphatic carbocycles. The zero-order valence-electron chi connectivity index (χ0n) is 20.7. The van der Waals surface area contributed by atoms with Crippen LogP contribution in [0.5, 0.6) is 0 Å². The van der Waals surface area contributed by atoms with Crippen LogP contribution in [0.25, 0.3) is 17.0 Å². The minimum atomic E-state index is -3.62. The first-order chi connectivity index (χ1) is 17.4. The second-order valence-electron chi connectivity index (χ2n) is 10.3. The summed E-state index contributed by atoms with van der Waals surface area (Å²) in [6.07, 6.45) is 11.9. The quantitative estimate of drug-likeness (QED) is 0.527. The number of aliphatic hydroxyl groups is 1. The van der Waals surface area contributed by atoms with Gasteiger partial charge in [0.05, 0.1) is 0 Å². The molecule has 2 aliphatic heterocycles. The molecule has 36 heavy (non-hydrogen) atoms. The highest BCUT2D eigenvalue weighted by molar-refractivity contribution is 7.92. The number of rotatable bonds is 8. The number of amides is 1.